The minimum Gasteiger partial charge on any atom is -0.364 e. The molecular weight excluding hydrogens is 190 g/mol. The number of hydrogen-bond donors (Lipinski definition) is 1. The lowest BCUT2D eigenvalue weighted by Crippen LogP contribution is -2.14. The molecule has 0 atom stereocenters. The van der Waals surface area contributed by atoms with Gasteiger partial charge < -0.3 is 10.1 Å². The molecule has 0 radical (unpaired) electrons. The predicted molar refractivity (Wildman–Crippen MR) is 57.7 cm³/mol. The fourth-order valence-corrected chi connectivity index (χ4v) is 1.72. The highest BCUT2D eigenvalue weighted by Crippen LogP contribution is 2.13. The number of nitrogens with zero attached hydrogens (tertiary/aromatic N) is 2. The number of imidazole rings is 1. The predicted octanol–water partition coefficient (Wildman–Crippen LogP) is 1.39. The summed E-state index contributed by atoms with van der Waals surface area (Å²) >= 11 is 0. The molecule has 2 N–H and O–H groups in total. The minimum atomic E-state index is -0.456. The molecule has 0 aliphatic carbocycles. The van der Waals surface area contributed by atoms with Crippen LogP contribution in [0.2, 0.25) is 0 Å². The number of nitrogens with two attached hydrogens (primary N) is 1. The number of carbonyl (C=O) groups excluding carboxylic acids is 1. The van der Waals surface area contributed by atoms with Crippen LogP contribution in [0.15, 0.2) is 24.4 Å². The number of rotatable bonds is 3. The van der Waals surface area contributed by atoms with E-state index in [2.05, 4.69) is 11.9 Å². The number of aryl methyl sites for hydroxylation is 1. The zero-order valence-corrected chi connectivity index (χ0v) is 8.60. The second-order valence-electron chi connectivity index (χ2n) is 3.45. The van der Waals surface area contributed by atoms with Crippen molar-refractivity contribution in [3.05, 3.63) is 35.8 Å². The zero-order chi connectivity index (χ0) is 10.8. The summed E-state index contributed by atoms with van der Waals surface area (Å²) in [5.74, 6) is -0.456. The van der Waals surface area contributed by atoms with E-state index in [1.54, 1.807) is 0 Å². The summed E-state index contributed by atoms with van der Waals surface area (Å²) in [5, 5.41) is 0. The Kier molecular flexibility index (Phi) is 2.41. The standard InChI is InChI=1S/C11H13N3O/c1-2-5-8-10(11(12)15)13-9-6-3-4-7-14(8)9/h3-4,6-7H,2,5H2,1H3,(H2,12,15). The van der Waals surface area contributed by atoms with Gasteiger partial charge in [-0.3, -0.25) is 4.79 Å². The van der Waals surface area contributed by atoms with Crippen LogP contribution in [0.5, 0.6) is 0 Å². The summed E-state index contributed by atoms with van der Waals surface area (Å²) in [5.41, 5.74) is 7.36. The van der Waals surface area contributed by atoms with Gasteiger partial charge in [0.2, 0.25) is 0 Å². The molecule has 0 fully saturated rings. The average molecular weight is 203 g/mol. The maximum absolute atomic E-state index is 11.2. The van der Waals surface area contributed by atoms with Crippen LogP contribution in [0.4, 0.5) is 0 Å². The fourth-order valence-electron chi connectivity index (χ4n) is 1.72. The first-order valence-corrected chi connectivity index (χ1v) is 4.99. The summed E-state index contributed by atoms with van der Waals surface area (Å²) in [6.07, 6.45) is 3.67. The molecule has 0 aliphatic rings. The molecule has 0 saturated carbocycles. The van der Waals surface area contributed by atoms with Crippen molar-refractivity contribution in [3.63, 3.8) is 0 Å². The van der Waals surface area contributed by atoms with Gasteiger partial charge in [0.25, 0.3) is 5.91 Å². The van der Waals surface area contributed by atoms with E-state index in [0.717, 1.165) is 24.2 Å². The SMILES string of the molecule is CCCc1c(C(N)=O)nc2ccccn12. The molecule has 0 aliphatic heterocycles. The third-order valence-electron chi connectivity index (χ3n) is 2.35. The van der Waals surface area contributed by atoms with E-state index in [9.17, 15) is 4.79 Å². The first-order valence-electron chi connectivity index (χ1n) is 4.99. The van der Waals surface area contributed by atoms with E-state index in [1.165, 1.54) is 0 Å². The van der Waals surface area contributed by atoms with E-state index in [1.807, 2.05) is 28.8 Å². The number of fused-ring (bicyclic) bond motifs is 1. The van der Waals surface area contributed by atoms with Crippen molar-refractivity contribution < 1.29 is 4.79 Å². The Labute approximate surface area is 87.7 Å². The Morgan fingerprint density at radius 2 is 2.33 bits per heavy atom. The molecule has 0 spiro atoms. The molecule has 2 aromatic rings. The van der Waals surface area contributed by atoms with E-state index in [0.29, 0.717) is 5.69 Å². The Morgan fingerprint density at radius 3 is 3.00 bits per heavy atom. The molecule has 2 rings (SSSR count). The van der Waals surface area contributed by atoms with Crippen molar-refractivity contribution in [3.8, 4) is 0 Å². The first-order chi connectivity index (χ1) is 7.24. The largest absolute Gasteiger partial charge is 0.364 e. The third kappa shape index (κ3) is 1.58. The highest BCUT2D eigenvalue weighted by atomic mass is 16.1. The molecule has 0 unspecified atom stereocenters. The van der Waals surface area contributed by atoms with Crippen LogP contribution in [0.25, 0.3) is 5.65 Å². The van der Waals surface area contributed by atoms with Crippen molar-refractivity contribution in [1.29, 1.82) is 0 Å². The Hall–Kier alpha value is -1.84. The van der Waals surface area contributed by atoms with E-state index >= 15 is 0 Å². The quantitative estimate of drug-likeness (QED) is 0.819. The average Bonchev–Trinajstić information content (AvgIpc) is 2.58. The van der Waals surface area contributed by atoms with Gasteiger partial charge in [0.1, 0.15) is 11.3 Å². The van der Waals surface area contributed by atoms with E-state index < -0.39 is 5.91 Å². The van der Waals surface area contributed by atoms with Gasteiger partial charge in [0, 0.05) is 6.20 Å². The van der Waals surface area contributed by atoms with Gasteiger partial charge in [-0.1, -0.05) is 19.4 Å². The topological polar surface area (TPSA) is 60.4 Å². The number of carbonyl (C=O) groups is 1. The van der Waals surface area contributed by atoms with Crippen molar-refractivity contribution in [2.75, 3.05) is 0 Å². The molecule has 78 valence electrons. The summed E-state index contributed by atoms with van der Waals surface area (Å²) in [6, 6.07) is 5.67. The molecule has 0 saturated heterocycles. The van der Waals surface area contributed by atoms with Gasteiger partial charge in [0.05, 0.1) is 5.69 Å². The van der Waals surface area contributed by atoms with Crippen LogP contribution in [0, 0.1) is 0 Å². The van der Waals surface area contributed by atoms with Gasteiger partial charge in [0.15, 0.2) is 0 Å². The van der Waals surface area contributed by atoms with Gasteiger partial charge in [-0.2, -0.15) is 0 Å². The normalized spacial score (nSPS) is 10.7. The Morgan fingerprint density at radius 1 is 1.53 bits per heavy atom. The second kappa shape index (κ2) is 3.73. The number of amides is 1. The molecule has 2 aromatic heterocycles. The maximum Gasteiger partial charge on any atom is 0.269 e. The molecular formula is C11H13N3O. The molecule has 2 heterocycles. The van der Waals surface area contributed by atoms with E-state index in [4.69, 9.17) is 5.73 Å². The van der Waals surface area contributed by atoms with Gasteiger partial charge >= 0.3 is 0 Å². The van der Waals surface area contributed by atoms with Crippen molar-refractivity contribution in [2.45, 2.75) is 19.8 Å². The summed E-state index contributed by atoms with van der Waals surface area (Å²) < 4.78 is 1.92. The third-order valence-corrected chi connectivity index (χ3v) is 2.35. The Balaban J connectivity index is 2.68. The number of hydrogen-bond acceptors (Lipinski definition) is 2. The minimum absolute atomic E-state index is 0.392. The van der Waals surface area contributed by atoms with Crippen molar-refractivity contribution >= 4 is 11.6 Å². The molecule has 1 amide bonds. The van der Waals surface area contributed by atoms with Crippen LogP contribution in [-0.2, 0) is 6.42 Å². The van der Waals surface area contributed by atoms with Crippen molar-refractivity contribution in [1.82, 2.24) is 9.38 Å². The molecule has 4 nitrogen and oxygen atoms in total. The summed E-state index contributed by atoms with van der Waals surface area (Å²) in [4.78, 5) is 15.4. The molecule has 0 bridgehead atoms. The maximum atomic E-state index is 11.2. The summed E-state index contributed by atoms with van der Waals surface area (Å²) in [6.45, 7) is 2.06. The van der Waals surface area contributed by atoms with Gasteiger partial charge in [-0.15, -0.1) is 0 Å². The van der Waals surface area contributed by atoms with Gasteiger partial charge in [-0.05, 0) is 18.6 Å². The monoisotopic (exact) mass is 203 g/mol. The number of pyridine rings is 1. The lowest BCUT2D eigenvalue weighted by Gasteiger charge is -2.00. The van der Waals surface area contributed by atoms with Crippen LogP contribution >= 0.6 is 0 Å². The van der Waals surface area contributed by atoms with Crippen LogP contribution in [-0.4, -0.2) is 15.3 Å². The molecule has 15 heavy (non-hydrogen) atoms. The molecule has 4 heteroatoms. The number of primary amides is 1. The smallest absolute Gasteiger partial charge is 0.269 e. The highest BCUT2D eigenvalue weighted by molar-refractivity contribution is 5.93. The van der Waals surface area contributed by atoms with Crippen molar-refractivity contribution in [2.24, 2.45) is 5.73 Å². The fraction of sp³-hybridized carbons (Fsp3) is 0.273. The van der Waals surface area contributed by atoms with Gasteiger partial charge in [-0.25, -0.2) is 4.98 Å². The lowest BCUT2D eigenvalue weighted by molar-refractivity contribution is 0.0995. The van der Waals surface area contributed by atoms with Crippen LogP contribution < -0.4 is 5.73 Å². The second-order valence-corrected chi connectivity index (χ2v) is 3.45. The lowest BCUT2D eigenvalue weighted by atomic mass is 10.2. The first kappa shape index (κ1) is 9.71. The Bertz CT molecular complexity index is 502. The van der Waals surface area contributed by atoms with Crippen LogP contribution in [0.3, 0.4) is 0 Å². The van der Waals surface area contributed by atoms with E-state index in [-0.39, 0.29) is 0 Å². The molecule has 0 aromatic carbocycles. The number of aromatic nitrogens is 2. The van der Waals surface area contributed by atoms with Crippen LogP contribution in [0.1, 0.15) is 29.5 Å². The highest BCUT2D eigenvalue weighted by Gasteiger charge is 2.14. The zero-order valence-electron chi connectivity index (χ0n) is 8.60. The summed E-state index contributed by atoms with van der Waals surface area (Å²) in [7, 11) is 0.